The van der Waals surface area contributed by atoms with Crippen LogP contribution in [0.4, 0.5) is 5.69 Å². The zero-order chi connectivity index (χ0) is 27.6. The maximum Gasteiger partial charge on any atom is 0.163 e. The molecule has 6 nitrogen and oxygen atoms in total. The average molecular weight is 577 g/mol. The van der Waals surface area contributed by atoms with E-state index in [9.17, 15) is 0 Å². The number of ether oxygens (including phenoxy) is 4. The van der Waals surface area contributed by atoms with E-state index in [0.717, 1.165) is 42.3 Å². The number of anilines is 1. The van der Waals surface area contributed by atoms with Crippen molar-refractivity contribution in [3.05, 3.63) is 102 Å². The maximum atomic E-state index is 6.06. The third-order valence-corrected chi connectivity index (χ3v) is 7.40. The summed E-state index contributed by atoms with van der Waals surface area (Å²) in [6.45, 7) is 6.72. The van der Waals surface area contributed by atoms with Gasteiger partial charge in [-0.1, -0.05) is 72.8 Å². The molecule has 1 aliphatic rings. The quantitative estimate of drug-likeness (QED) is 0.166. The number of rotatable bonds is 14. The highest BCUT2D eigenvalue weighted by Gasteiger charge is 2.25. The molecular weight excluding hydrogens is 536 g/mol. The van der Waals surface area contributed by atoms with Gasteiger partial charge in [-0.2, -0.15) is 0 Å². The van der Waals surface area contributed by atoms with Crippen molar-refractivity contribution in [1.82, 2.24) is 5.32 Å². The van der Waals surface area contributed by atoms with Crippen molar-refractivity contribution in [2.45, 2.75) is 32.0 Å². The lowest BCUT2D eigenvalue weighted by Crippen LogP contribution is -2.34. The average Bonchev–Trinajstić information content (AvgIpc) is 3.46. The minimum absolute atomic E-state index is 0. The van der Waals surface area contributed by atoms with Crippen molar-refractivity contribution in [1.29, 1.82) is 0 Å². The van der Waals surface area contributed by atoms with E-state index in [1.165, 1.54) is 16.3 Å². The van der Waals surface area contributed by atoms with Crippen LogP contribution in [-0.4, -0.2) is 52.7 Å². The van der Waals surface area contributed by atoms with E-state index >= 15 is 0 Å². The third kappa shape index (κ3) is 8.37. The first-order valence-electron chi connectivity index (χ1n) is 14.2. The minimum atomic E-state index is 0. The fraction of sp³-hybridized carbons (Fsp3) is 0.353. The van der Waals surface area contributed by atoms with Crippen LogP contribution in [0.3, 0.4) is 0 Å². The van der Waals surface area contributed by atoms with Gasteiger partial charge in [0.15, 0.2) is 11.5 Å². The zero-order valence-electron chi connectivity index (χ0n) is 24.0. The van der Waals surface area contributed by atoms with Crippen molar-refractivity contribution in [2.24, 2.45) is 0 Å². The molecule has 0 bridgehead atoms. The highest BCUT2D eigenvalue weighted by atomic mass is 35.5. The Morgan fingerprint density at radius 1 is 0.829 bits per heavy atom. The number of halogens is 1. The molecule has 0 amide bonds. The van der Waals surface area contributed by atoms with Gasteiger partial charge in [0.1, 0.15) is 13.2 Å². The van der Waals surface area contributed by atoms with E-state index < -0.39 is 0 Å². The molecule has 218 valence electrons. The van der Waals surface area contributed by atoms with Gasteiger partial charge in [0.25, 0.3) is 0 Å². The summed E-state index contributed by atoms with van der Waals surface area (Å²) in [6, 6.07) is 32.2. The van der Waals surface area contributed by atoms with Crippen LogP contribution in [0.5, 0.6) is 11.5 Å². The highest BCUT2D eigenvalue weighted by Crippen LogP contribution is 2.34. The molecule has 0 unspecified atom stereocenters. The summed E-state index contributed by atoms with van der Waals surface area (Å²) in [6.07, 6.45) is 1.09. The van der Waals surface area contributed by atoms with Gasteiger partial charge in [-0.3, -0.25) is 0 Å². The van der Waals surface area contributed by atoms with Crippen LogP contribution in [0.2, 0.25) is 0 Å². The molecule has 1 N–H and O–H groups in total. The van der Waals surface area contributed by atoms with Crippen molar-refractivity contribution < 1.29 is 18.9 Å². The normalized spacial score (nSPS) is 15.5. The molecule has 5 rings (SSSR count). The SMILES string of the molecule is COCCOc1cc(N2CC[C@H](N[C@H](C)c3cccc4ccccc34)C2)ccc1OCCOCc1ccccc1.Cl. The summed E-state index contributed by atoms with van der Waals surface area (Å²) in [5.41, 5.74) is 3.64. The summed E-state index contributed by atoms with van der Waals surface area (Å²) < 4.78 is 23.1. The zero-order valence-corrected chi connectivity index (χ0v) is 24.8. The molecule has 1 saturated heterocycles. The molecule has 41 heavy (non-hydrogen) atoms. The van der Waals surface area contributed by atoms with Crippen molar-refractivity contribution in [3.63, 3.8) is 0 Å². The summed E-state index contributed by atoms with van der Waals surface area (Å²) >= 11 is 0. The Balaban J connectivity index is 0.00000387. The van der Waals surface area contributed by atoms with Crippen LogP contribution < -0.4 is 19.7 Å². The van der Waals surface area contributed by atoms with Gasteiger partial charge < -0.3 is 29.2 Å². The van der Waals surface area contributed by atoms with E-state index in [1.807, 2.05) is 24.3 Å². The molecule has 2 atom stereocenters. The van der Waals surface area contributed by atoms with Crippen LogP contribution in [0.1, 0.15) is 30.5 Å². The van der Waals surface area contributed by atoms with Crippen LogP contribution >= 0.6 is 12.4 Å². The largest absolute Gasteiger partial charge is 0.487 e. The monoisotopic (exact) mass is 576 g/mol. The van der Waals surface area contributed by atoms with Crippen LogP contribution in [0.25, 0.3) is 10.8 Å². The van der Waals surface area contributed by atoms with E-state index in [2.05, 4.69) is 83.9 Å². The molecule has 0 aromatic heterocycles. The summed E-state index contributed by atoms with van der Waals surface area (Å²) in [5.74, 6) is 1.46. The Labute approximate surface area is 250 Å². The number of nitrogens with one attached hydrogen (secondary N) is 1. The Morgan fingerprint density at radius 2 is 1.59 bits per heavy atom. The van der Waals surface area contributed by atoms with Gasteiger partial charge in [0.05, 0.1) is 19.8 Å². The van der Waals surface area contributed by atoms with Crippen molar-refractivity contribution in [2.75, 3.05) is 51.5 Å². The second kappa shape index (κ2) is 15.6. The molecular formula is C34H41ClN2O4. The maximum absolute atomic E-state index is 6.06. The lowest BCUT2D eigenvalue weighted by Gasteiger charge is -2.23. The Bertz CT molecular complexity index is 1350. The first-order valence-corrected chi connectivity index (χ1v) is 14.2. The summed E-state index contributed by atoms with van der Waals surface area (Å²) in [5, 5.41) is 6.48. The molecule has 0 radical (unpaired) electrons. The number of fused-ring (bicyclic) bond motifs is 1. The predicted octanol–water partition coefficient (Wildman–Crippen LogP) is 6.81. The molecule has 0 saturated carbocycles. The van der Waals surface area contributed by atoms with Gasteiger partial charge in [-0.25, -0.2) is 0 Å². The number of hydrogen-bond donors (Lipinski definition) is 1. The molecule has 1 aliphatic heterocycles. The lowest BCUT2D eigenvalue weighted by molar-refractivity contribution is 0.0867. The fourth-order valence-corrected chi connectivity index (χ4v) is 5.34. The first kappa shape index (κ1) is 30.7. The van der Waals surface area contributed by atoms with E-state index in [0.29, 0.717) is 39.1 Å². The van der Waals surface area contributed by atoms with Gasteiger partial charge in [0.2, 0.25) is 0 Å². The second-order valence-electron chi connectivity index (χ2n) is 10.2. The van der Waals surface area contributed by atoms with Gasteiger partial charge in [-0.05, 0) is 47.4 Å². The number of nitrogens with zero attached hydrogens (tertiary/aromatic N) is 1. The van der Waals surface area contributed by atoms with Crippen molar-refractivity contribution in [3.8, 4) is 11.5 Å². The molecule has 1 heterocycles. The number of hydrogen-bond acceptors (Lipinski definition) is 6. The topological polar surface area (TPSA) is 52.2 Å². The minimum Gasteiger partial charge on any atom is -0.487 e. The molecule has 4 aromatic carbocycles. The van der Waals surface area contributed by atoms with E-state index in [1.54, 1.807) is 7.11 Å². The molecule has 4 aromatic rings. The highest BCUT2D eigenvalue weighted by molar-refractivity contribution is 5.86. The Hall–Kier alpha value is -3.29. The smallest absolute Gasteiger partial charge is 0.163 e. The Morgan fingerprint density at radius 3 is 2.44 bits per heavy atom. The van der Waals surface area contributed by atoms with Gasteiger partial charge in [-0.15, -0.1) is 12.4 Å². The molecule has 1 fully saturated rings. The van der Waals surface area contributed by atoms with Crippen LogP contribution in [-0.2, 0) is 16.1 Å². The first-order chi connectivity index (χ1) is 19.7. The van der Waals surface area contributed by atoms with Crippen LogP contribution in [0.15, 0.2) is 91.0 Å². The van der Waals surface area contributed by atoms with Crippen LogP contribution in [0, 0.1) is 0 Å². The third-order valence-electron chi connectivity index (χ3n) is 7.40. The van der Waals surface area contributed by atoms with Crippen molar-refractivity contribution >= 4 is 28.9 Å². The fourth-order valence-electron chi connectivity index (χ4n) is 5.34. The number of benzene rings is 4. The van der Waals surface area contributed by atoms with E-state index in [-0.39, 0.29) is 18.4 Å². The summed E-state index contributed by atoms with van der Waals surface area (Å²) in [4.78, 5) is 2.42. The standard InChI is InChI=1S/C34H40N2O4.ClH/c1-26(31-14-8-12-28-11-6-7-13-32(28)31)35-29-17-18-36(24-29)30-15-16-33(34(23-30)40-21-19-37-2)39-22-20-38-25-27-9-4-3-5-10-27;/h3-16,23,26,29,35H,17-22,24-25H2,1-2H3;1H/t26-,29+;/m1./s1. The molecule has 0 spiro atoms. The lowest BCUT2D eigenvalue weighted by atomic mass is 9.99. The number of methoxy groups -OCH3 is 1. The molecule has 7 heteroatoms. The summed E-state index contributed by atoms with van der Waals surface area (Å²) in [7, 11) is 1.68. The Kier molecular flexibility index (Phi) is 11.7. The van der Waals surface area contributed by atoms with Gasteiger partial charge >= 0.3 is 0 Å². The van der Waals surface area contributed by atoms with Gasteiger partial charge in [0, 0.05) is 44.0 Å². The van der Waals surface area contributed by atoms with E-state index in [4.69, 9.17) is 18.9 Å². The second-order valence-corrected chi connectivity index (χ2v) is 10.2. The molecule has 0 aliphatic carbocycles. The predicted molar refractivity (Wildman–Crippen MR) is 169 cm³/mol.